The Balaban J connectivity index is 2.59. The van der Waals surface area contributed by atoms with Crippen molar-refractivity contribution in [1.29, 1.82) is 0 Å². The van der Waals surface area contributed by atoms with E-state index >= 15 is 0 Å². The minimum absolute atomic E-state index is 0.154. The lowest BCUT2D eigenvalue weighted by Gasteiger charge is -2.24. The fourth-order valence-corrected chi connectivity index (χ4v) is 2.78. The predicted molar refractivity (Wildman–Crippen MR) is 72.4 cm³/mol. The van der Waals surface area contributed by atoms with Crippen molar-refractivity contribution >= 4 is 15.7 Å². The number of aliphatic hydroxyl groups excluding tert-OH is 1. The maximum absolute atomic E-state index is 11.6. The van der Waals surface area contributed by atoms with Crippen LogP contribution < -0.4 is 0 Å². The molecule has 1 saturated heterocycles. The van der Waals surface area contributed by atoms with Crippen molar-refractivity contribution in [3.63, 3.8) is 0 Å². The minimum Gasteiger partial charge on any atom is -0.388 e. The molecule has 0 aromatic heterocycles. The van der Waals surface area contributed by atoms with Crippen LogP contribution in [-0.4, -0.2) is 61.0 Å². The third kappa shape index (κ3) is 5.45. The number of aliphatic hydroxyl groups is 1. The summed E-state index contributed by atoms with van der Waals surface area (Å²) in [5, 5.41) is 9.86. The lowest BCUT2D eigenvalue weighted by atomic mass is 9.93. The van der Waals surface area contributed by atoms with Crippen LogP contribution in [0.15, 0.2) is 0 Å². The lowest BCUT2D eigenvalue weighted by molar-refractivity contribution is -0.0775. The van der Waals surface area contributed by atoms with Crippen LogP contribution >= 0.6 is 7.82 Å². The number of phosphoric ester groups is 1. The van der Waals surface area contributed by atoms with E-state index in [1.165, 1.54) is 0 Å². The highest BCUT2D eigenvalue weighted by Crippen LogP contribution is 2.45. The molecule has 5 atom stereocenters. The van der Waals surface area contributed by atoms with Gasteiger partial charge in [-0.2, -0.15) is 0 Å². The minimum atomic E-state index is -4.16. The molecule has 0 aromatic carbocycles. The topological polar surface area (TPSA) is 94.5 Å². The van der Waals surface area contributed by atoms with Crippen LogP contribution in [0.25, 0.3) is 0 Å². The molecule has 20 heavy (non-hydrogen) atoms. The summed E-state index contributed by atoms with van der Waals surface area (Å²) in [4.78, 5) is 9.47. The Kier molecular flexibility index (Phi) is 6.66. The highest BCUT2D eigenvalue weighted by atomic mass is 31.2. The molecule has 9 heteroatoms. The van der Waals surface area contributed by atoms with E-state index in [0.29, 0.717) is 0 Å². The fourth-order valence-electron chi connectivity index (χ4n) is 1.85. The van der Waals surface area contributed by atoms with E-state index in [-0.39, 0.29) is 12.7 Å². The molecule has 0 bridgehead atoms. The zero-order valence-corrected chi connectivity index (χ0v) is 13.0. The Morgan fingerprint density at radius 1 is 1.30 bits per heavy atom. The number of hydrogen-bond acceptors (Lipinski definition) is 6. The molecule has 1 rings (SSSR count). The van der Waals surface area contributed by atoms with Crippen molar-refractivity contribution in [1.82, 2.24) is 0 Å². The molecule has 116 valence electrons. The first-order chi connectivity index (χ1) is 9.12. The quantitative estimate of drug-likeness (QED) is 0.524. The summed E-state index contributed by atoms with van der Waals surface area (Å²) >= 11 is 0. The van der Waals surface area contributed by atoms with Gasteiger partial charge in [0, 0.05) is 6.00 Å². The summed E-state index contributed by atoms with van der Waals surface area (Å²) in [6.45, 7) is 6.56. The van der Waals surface area contributed by atoms with E-state index in [4.69, 9.17) is 26.4 Å². The van der Waals surface area contributed by atoms with E-state index in [1.54, 1.807) is 27.7 Å². The van der Waals surface area contributed by atoms with Crippen molar-refractivity contribution in [2.45, 2.75) is 64.2 Å². The van der Waals surface area contributed by atoms with Crippen LogP contribution in [0.5, 0.6) is 0 Å². The van der Waals surface area contributed by atoms with E-state index in [1.807, 2.05) is 0 Å². The van der Waals surface area contributed by atoms with E-state index < -0.39 is 38.2 Å². The second-order valence-electron chi connectivity index (χ2n) is 5.20. The molecular weight excluding hydrogens is 286 g/mol. The summed E-state index contributed by atoms with van der Waals surface area (Å²) in [6, 6.07) is -0.920. The molecule has 1 aliphatic heterocycles. The number of ether oxygens (including phenoxy) is 2. The third-order valence-corrected chi connectivity index (χ3v) is 3.71. The van der Waals surface area contributed by atoms with Crippen LogP contribution in [0.4, 0.5) is 0 Å². The van der Waals surface area contributed by atoms with E-state index in [9.17, 15) is 14.6 Å². The average molecular weight is 308 g/mol. The van der Waals surface area contributed by atoms with Gasteiger partial charge in [0.05, 0.1) is 18.8 Å². The second-order valence-corrected chi connectivity index (χ2v) is 6.60. The molecule has 0 amide bonds. The van der Waals surface area contributed by atoms with Crippen LogP contribution in [0.3, 0.4) is 0 Å². The lowest BCUT2D eigenvalue weighted by Crippen LogP contribution is -2.38. The zero-order chi connectivity index (χ0) is 15.5. The highest BCUT2D eigenvalue weighted by Gasteiger charge is 2.43. The maximum atomic E-state index is 11.6. The zero-order valence-electron chi connectivity index (χ0n) is 12.1. The van der Waals surface area contributed by atoms with E-state index in [2.05, 4.69) is 0 Å². The molecule has 1 heterocycles. The molecule has 1 aliphatic rings. The molecule has 0 aromatic rings. The molecule has 7 nitrogen and oxygen atoms in total. The summed E-state index contributed by atoms with van der Waals surface area (Å²) in [7, 11) is 1.42. The molecule has 0 aliphatic carbocycles. The summed E-state index contributed by atoms with van der Waals surface area (Å²) in [5.74, 6) is 0. The van der Waals surface area contributed by atoms with Gasteiger partial charge in [-0.3, -0.25) is 9.05 Å². The summed E-state index contributed by atoms with van der Waals surface area (Å²) in [5.41, 5.74) is 0. The third-order valence-electron chi connectivity index (χ3n) is 2.55. The Labute approximate surface area is 120 Å². The molecule has 2 unspecified atom stereocenters. The van der Waals surface area contributed by atoms with Crippen LogP contribution in [0, 0.1) is 0 Å². The van der Waals surface area contributed by atoms with Crippen molar-refractivity contribution in [2.24, 2.45) is 0 Å². The van der Waals surface area contributed by atoms with Crippen LogP contribution in [-0.2, 0) is 23.1 Å². The van der Waals surface area contributed by atoms with Gasteiger partial charge in [0.1, 0.15) is 26.2 Å². The number of phosphoric acid groups is 1. The molecular formula is C11H22BO7P. The first-order valence-corrected chi connectivity index (χ1v) is 8.02. The first-order valence-electron chi connectivity index (χ1n) is 6.52. The van der Waals surface area contributed by atoms with Gasteiger partial charge >= 0.3 is 7.82 Å². The normalized spacial score (nSPS) is 33.8. The van der Waals surface area contributed by atoms with Gasteiger partial charge in [0.25, 0.3) is 0 Å². The fraction of sp³-hybridized carbons (Fsp3) is 1.00. The number of rotatable bonds is 7. The summed E-state index contributed by atoms with van der Waals surface area (Å²) < 4.78 is 32.0. The monoisotopic (exact) mass is 308 g/mol. The standard InChI is InChI=1S/C11H22BO7P/c1-6(2)17-10-8(18-11(12)9(10)13)5-16-20(14,15)19-7(3)4/h6-11,13H,5H2,1-4H3,(H,14,15)/t8-,9?,10+,11-/m1/s1. The van der Waals surface area contributed by atoms with E-state index in [0.717, 1.165) is 0 Å². The molecule has 2 radical (unpaired) electrons. The van der Waals surface area contributed by atoms with Gasteiger partial charge in [-0.05, 0) is 27.7 Å². The maximum Gasteiger partial charge on any atom is 0.472 e. The van der Waals surface area contributed by atoms with Crippen molar-refractivity contribution in [3.8, 4) is 0 Å². The molecule has 2 N–H and O–H groups in total. The summed E-state index contributed by atoms with van der Waals surface area (Å²) in [6.07, 6.45) is -3.08. The molecule has 0 saturated carbocycles. The van der Waals surface area contributed by atoms with Gasteiger partial charge in [-0.15, -0.1) is 0 Å². The van der Waals surface area contributed by atoms with Gasteiger partial charge in [0.2, 0.25) is 0 Å². The Morgan fingerprint density at radius 2 is 1.90 bits per heavy atom. The molecule has 1 fully saturated rings. The van der Waals surface area contributed by atoms with Crippen molar-refractivity contribution in [2.75, 3.05) is 6.61 Å². The smallest absolute Gasteiger partial charge is 0.388 e. The largest absolute Gasteiger partial charge is 0.472 e. The van der Waals surface area contributed by atoms with Gasteiger partial charge in [-0.1, -0.05) is 0 Å². The van der Waals surface area contributed by atoms with Crippen molar-refractivity contribution < 1.29 is 33.1 Å². The van der Waals surface area contributed by atoms with Crippen LogP contribution in [0.1, 0.15) is 27.7 Å². The Bertz CT molecular complexity index is 352. The van der Waals surface area contributed by atoms with Gasteiger partial charge in [-0.25, -0.2) is 4.57 Å². The highest BCUT2D eigenvalue weighted by molar-refractivity contribution is 7.47. The van der Waals surface area contributed by atoms with Crippen molar-refractivity contribution in [3.05, 3.63) is 0 Å². The number of hydrogen-bond donors (Lipinski definition) is 2. The van der Waals surface area contributed by atoms with Crippen LogP contribution in [0.2, 0.25) is 0 Å². The Hall–Kier alpha value is 0.0549. The Morgan fingerprint density at radius 3 is 2.40 bits per heavy atom. The predicted octanol–water partition coefficient (Wildman–Crippen LogP) is 0.576. The SMILES string of the molecule is [B][C@@H]1O[C@H](COP(=O)(O)OC(C)C)[C@H](OC(C)C)C1O. The van der Waals surface area contributed by atoms with Gasteiger partial charge in [0.15, 0.2) is 0 Å². The average Bonchev–Trinajstić information content (AvgIpc) is 2.52. The molecule has 0 spiro atoms. The van der Waals surface area contributed by atoms with Gasteiger partial charge < -0.3 is 19.5 Å². The second kappa shape index (κ2) is 7.36. The first kappa shape index (κ1) is 18.1.